The van der Waals surface area contributed by atoms with Crippen LogP contribution in [-0.4, -0.2) is 74.3 Å². The standard InChI is InChI=1S/C62H113N2O7P/c1-7-10-13-16-19-22-25-28-29-30-31-32-33-34-35-37-40-43-46-49-52-55-62(66)71-60(53-50-47-44-41-38-27-24-21-18-15-12-9-3)59(58-70-72(67,68)69-57-56-64(4,5)6)63-61(65)54-51-48-45-42-39-36-26-23-20-17-14-11-8-2/h11,14,17,19-20,22-23,26,28-29,50,53,59-60H,7-10,12-13,15-16,18,21,24-25,27,30-49,51-52,54-58H2,1-6H3,(H-,63,65,67,68)/p+1/b14-11+,20-17+,22-19-,26-23-,29-28-,53-50-. The fourth-order valence-corrected chi connectivity index (χ4v) is 9.06. The Morgan fingerprint density at radius 3 is 1.46 bits per heavy atom. The van der Waals surface area contributed by atoms with Gasteiger partial charge in [-0.05, 0) is 83.1 Å². The van der Waals surface area contributed by atoms with Gasteiger partial charge in [-0.2, -0.15) is 0 Å². The molecule has 0 aromatic rings. The molecular formula is C62H114N2O7P+. The Morgan fingerprint density at radius 2 is 0.944 bits per heavy atom. The summed E-state index contributed by atoms with van der Waals surface area (Å²) in [6, 6.07) is -0.861. The molecule has 3 unspecified atom stereocenters. The minimum atomic E-state index is -4.45. The number of hydrogen-bond acceptors (Lipinski definition) is 6. The summed E-state index contributed by atoms with van der Waals surface area (Å²) in [4.78, 5) is 37.6. The molecule has 0 aromatic carbocycles. The Bertz CT molecular complexity index is 1460. The molecule has 0 heterocycles. The third-order valence-corrected chi connectivity index (χ3v) is 13.9. The fourth-order valence-electron chi connectivity index (χ4n) is 8.32. The van der Waals surface area contributed by atoms with E-state index in [0.29, 0.717) is 17.4 Å². The van der Waals surface area contributed by atoms with Gasteiger partial charge in [-0.25, -0.2) is 4.57 Å². The van der Waals surface area contributed by atoms with Gasteiger partial charge in [0.2, 0.25) is 5.91 Å². The van der Waals surface area contributed by atoms with Crippen molar-refractivity contribution >= 4 is 19.7 Å². The highest BCUT2D eigenvalue weighted by molar-refractivity contribution is 7.47. The first kappa shape index (κ1) is 69.5. The van der Waals surface area contributed by atoms with Crippen LogP contribution >= 0.6 is 7.82 Å². The van der Waals surface area contributed by atoms with Gasteiger partial charge in [0.25, 0.3) is 0 Å². The van der Waals surface area contributed by atoms with Crippen LogP contribution in [0.1, 0.15) is 258 Å². The Kier molecular flexibility index (Phi) is 50.1. The molecule has 3 atom stereocenters. The zero-order chi connectivity index (χ0) is 52.9. The van der Waals surface area contributed by atoms with Crippen LogP contribution in [0.25, 0.3) is 0 Å². The maximum absolute atomic E-state index is 13.5. The molecule has 10 heteroatoms. The smallest absolute Gasteiger partial charge is 0.456 e. The second-order valence-corrected chi connectivity index (χ2v) is 22.7. The molecule has 0 saturated heterocycles. The van der Waals surface area contributed by atoms with Crippen LogP contribution in [0.3, 0.4) is 0 Å². The Labute approximate surface area is 444 Å². The molecule has 0 aliphatic heterocycles. The molecule has 9 nitrogen and oxygen atoms in total. The number of esters is 1. The maximum atomic E-state index is 13.5. The number of quaternary nitrogens is 1. The van der Waals surface area contributed by atoms with Crippen LogP contribution in [0.15, 0.2) is 72.9 Å². The zero-order valence-corrected chi connectivity index (χ0v) is 48.6. The number of ether oxygens (including phenoxy) is 1. The molecular weight excluding hydrogens is 916 g/mol. The molecule has 0 saturated carbocycles. The van der Waals surface area contributed by atoms with Gasteiger partial charge < -0.3 is 19.4 Å². The number of phosphoric ester groups is 1. The first-order valence-electron chi connectivity index (χ1n) is 29.8. The van der Waals surface area contributed by atoms with Crippen molar-refractivity contribution in [1.29, 1.82) is 0 Å². The van der Waals surface area contributed by atoms with Crippen LogP contribution in [0.2, 0.25) is 0 Å². The minimum Gasteiger partial charge on any atom is -0.456 e. The zero-order valence-electron chi connectivity index (χ0n) is 47.7. The molecule has 2 N–H and O–H groups in total. The van der Waals surface area contributed by atoms with Crippen LogP contribution in [-0.2, 0) is 27.9 Å². The average Bonchev–Trinajstić information content (AvgIpc) is 3.34. The summed E-state index contributed by atoms with van der Waals surface area (Å²) < 4.78 is 30.6. The van der Waals surface area contributed by atoms with E-state index < -0.39 is 20.0 Å². The van der Waals surface area contributed by atoms with E-state index in [1.165, 1.54) is 135 Å². The second-order valence-electron chi connectivity index (χ2n) is 21.2. The van der Waals surface area contributed by atoms with Crippen molar-refractivity contribution in [2.24, 2.45) is 0 Å². The SMILES string of the molecule is CC/C=C/C=C/C=C\CCCCCCCC(=O)NC(COP(=O)(O)OCC[N+](C)(C)C)C(/C=C\CCCCCCCCCCCC)OC(=O)CCCCCCCCCCCCC/C=C\C/C=C\CCCCC. The maximum Gasteiger partial charge on any atom is 0.472 e. The van der Waals surface area contributed by atoms with Crippen molar-refractivity contribution in [2.45, 2.75) is 270 Å². The van der Waals surface area contributed by atoms with E-state index in [-0.39, 0.29) is 31.5 Å². The highest BCUT2D eigenvalue weighted by Gasteiger charge is 2.30. The van der Waals surface area contributed by atoms with Gasteiger partial charge >= 0.3 is 13.8 Å². The fraction of sp³-hybridized carbons (Fsp3) is 0.774. The lowest BCUT2D eigenvalue weighted by molar-refractivity contribution is -0.870. The highest BCUT2D eigenvalue weighted by Crippen LogP contribution is 2.43. The van der Waals surface area contributed by atoms with Gasteiger partial charge in [0.15, 0.2) is 0 Å². The molecule has 0 rings (SSSR count). The van der Waals surface area contributed by atoms with Crippen molar-refractivity contribution in [2.75, 3.05) is 40.9 Å². The molecule has 0 fully saturated rings. The van der Waals surface area contributed by atoms with Gasteiger partial charge in [0.05, 0.1) is 33.8 Å². The first-order valence-corrected chi connectivity index (χ1v) is 31.3. The Balaban J connectivity index is 5.25. The summed E-state index contributed by atoms with van der Waals surface area (Å²) >= 11 is 0. The van der Waals surface area contributed by atoms with Gasteiger partial charge in [-0.15, -0.1) is 0 Å². The number of likely N-dealkylation sites (N-methyl/N-ethyl adjacent to an activating group) is 1. The predicted molar refractivity (Wildman–Crippen MR) is 309 cm³/mol. The molecule has 0 aliphatic carbocycles. The summed E-state index contributed by atoms with van der Waals surface area (Å²) in [5, 5.41) is 3.04. The summed E-state index contributed by atoms with van der Waals surface area (Å²) in [5.41, 5.74) is 0. The van der Waals surface area contributed by atoms with E-state index in [0.717, 1.165) is 89.9 Å². The number of allylic oxidation sites excluding steroid dienone is 11. The topological polar surface area (TPSA) is 111 Å². The normalized spacial score (nSPS) is 14.3. The quantitative estimate of drug-likeness (QED) is 0.0156. The van der Waals surface area contributed by atoms with Gasteiger partial charge in [-0.3, -0.25) is 18.6 Å². The number of phosphoric acid groups is 1. The number of nitrogens with one attached hydrogen (secondary N) is 1. The molecule has 72 heavy (non-hydrogen) atoms. The van der Waals surface area contributed by atoms with Crippen LogP contribution in [0, 0.1) is 0 Å². The van der Waals surface area contributed by atoms with E-state index in [1.807, 2.05) is 33.3 Å². The van der Waals surface area contributed by atoms with Gasteiger partial charge in [-0.1, -0.05) is 235 Å². The minimum absolute atomic E-state index is 0.0334. The first-order chi connectivity index (χ1) is 34.9. The summed E-state index contributed by atoms with van der Waals surface area (Å²) in [5.74, 6) is -0.531. The number of hydrogen-bond donors (Lipinski definition) is 2. The molecule has 0 aromatic heterocycles. The number of nitrogens with zero attached hydrogens (tertiary/aromatic N) is 1. The van der Waals surface area contributed by atoms with Crippen molar-refractivity contribution in [1.82, 2.24) is 5.32 Å². The molecule has 0 spiro atoms. The number of carbonyl (C=O) groups is 2. The molecule has 418 valence electrons. The second kappa shape index (κ2) is 51.9. The van der Waals surface area contributed by atoms with E-state index in [1.54, 1.807) is 0 Å². The van der Waals surface area contributed by atoms with E-state index >= 15 is 0 Å². The molecule has 0 bridgehead atoms. The average molecular weight is 1030 g/mol. The molecule has 0 aliphatic rings. The molecule has 1 amide bonds. The summed E-state index contributed by atoms with van der Waals surface area (Å²) in [7, 11) is 1.47. The van der Waals surface area contributed by atoms with Crippen LogP contribution in [0.4, 0.5) is 0 Å². The van der Waals surface area contributed by atoms with Gasteiger partial charge in [0.1, 0.15) is 19.3 Å². The number of carbonyl (C=O) groups excluding carboxylic acids is 2. The van der Waals surface area contributed by atoms with Crippen molar-refractivity contribution in [3.05, 3.63) is 72.9 Å². The monoisotopic (exact) mass is 1030 g/mol. The lowest BCUT2D eigenvalue weighted by Gasteiger charge is -2.27. The van der Waals surface area contributed by atoms with Crippen molar-refractivity contribution in [3.8, 4) is 0 Å². The van der Waals surface area contributed by atoms with Crippen LogP contribution in [0.5, 0.6) is 0 Å². The van der Waals surface area contributed by atoms with Gasteiger partial charge in [0, 0.05) is 12.8 Å². The Hall–Kier alpha value is -2.55. The number of unbranched alkanes of at least 4 members (excludes halogenated alkanes) is 29. The number of amides is 1. The lowest BCUT2D eigenvalue weighted by atomic mass is 10.0. The highest BCUT2D eigenvalue weighted by atomic mass is 31.2. The van der Waals surface area contributed by atoms with E-state index in [2.05, 4.69) is 86.8 Å². The van der Waals surface area contributed by atoms with Crippen LogP contribution < -0.4 is 5.32 Å². The summed E-state index contributed by atoms with van der Waals surface area (Å²) in [6.45, 7) is 6.84. The lowest BCUT2D eigenvalue weighted by Crippen LogP contribution is -2.47. The third-order valence-electron chi connectivity index (χ3n) is 12.9. The number of rotatable bonds is 53. The summed E-state index contributed by atoms with van der Waals surface area (Å²) in [6.07, 6.45) is 66.1. The van der Waals surface area contributed by atoms with Crippen molar-refractivity contribution in [3.63, 3.8) is 0 Å². The molecule has 0 radical (unpaired) electrons. The third kappa shape index (κ3) is 52.3. The van der Waals surface area contributed by atoms with E-state index in [9.17, 15) is 19.0 Å². The van der Waals surface area contributed by atoms with Crippen molar-refractivity contribution < 1.29 is 37.3 Å². The predicted octanol–water partition coefficient (Wildman–Crippen LogP) is 18.1. The van der Waals surface area contributed by atoms with E-state index in [4.69, 9.17) is 13.8 Å². The largest absolute Gasteiger partial charge is 0.472 e. The Morgan fingerprint density at radius 1 is 0.514 bits per heavy atom.